The van der Waals surface area contributed by atoms with Gasteiger partial charge in [-0.2, -0.15) is 0 Å². The lowest BCUT2D eigenvalue weighted by Crippen LogP contribution is -2.59. The molecular weight excluding hydrogens is 739 g/mol. The molecule has 314 valence electrons. The van der Waals surface area contributed by atoms with E-state index in [1.807, 2.05) is 0 Å². The fourth-order valence-electron chi connectivity index (χ4n) is 9.48. The Morgan fingerprint density at radius 3 is 2.55 bits per heavy atom. The highest BCUT2D eigenvalue weighted by Gasteiger charge is 2.44. The SMILES string of the molecule is C=C1C/C2=C3/N=C(C=c4[nH]c(c(C(C)OCCCCCC)c4C)=CC4=NC(Cc5[nH]c2c1c5C)C(CC)=C4C)[C@@H](C)[C@@H]3CCC(=O)NO[C@H]1O[C@H](O)[C@@H](O)[C@H](O)[C@H]1O. The van der Waals surface area contributed by atoms with Crippen LogP contribution in [0.2, 0.25) is 0 Å². The Kier molecular flexibility index (Phi) is 12.6. The lowest BCUT2D eigenvalue weighted by molar-refractivity contribution is -0.349. The van der Waals surface area contributed by atoms with Crippen LogP contribution < -0.4 is 16.2 Å². The van der Waals surface area contributed by atoms with E-state index in [1.54, 1.807) is 0 Å². The number of rotatable bonds is 13. The number of hydrogen-bond acceptors (Lipinski definition) is 10. The van der Waals surface area contributed by atoms with E-state index in [1.165, 1.54) is 29.6 Å². The molecule has 2 unspecified atom stereocenters. The van der Waals surface area contributed by atoms with Crippen LogP contribution in [0.25, 0.3) is 23.3 Å². The van der Waals surface area contributed by atoms with Gasteiger partial charge in [-0.1, -0.05) is 46.6 Å². The third-order valence-electron chi connectivity index (χ3n) is 12.9. The van der Waals surface area contributed by atoms with Crippen LogP contribution in [0, 0.1) is 25.7 Å². The van der Waals surface area contributed by atoms with Gasteiger partial charge in [0.05, 0.1) is 29.2 Å². The molecule has 7 rings (SSSR count). The van der Waals surface area contributed by atoms with Gasteiger partial charge in [0.25, 0.3) is 0 Å². The van der Waals surface area contributed by atoms with Gasteiger partial charge in [-0.3, -0.25) is 14.8 Å². The Bertz CT molecular complexity index is 2190. The molecule has 5 aliphatic rings. The zero-order chi connectivity index (χ0) is 41.6. The number of ether oxygens (including phenoxy) is 2. The predicted octanol–water partition coefficient (Wildman–Crippen LogP) is 4.40. The molecule has 1 amide bonds. The normalized spacial score (nSPS) is 29.7. The summed E-state index contributed by atoms with van der Waals surface area (Å²) >= 11 is 0. The number of amides is 1. The van der Waals surface area contributed by atoms with E-state index < -0.39 is 36.8 Å². The quantitative estimate of drug-likeness (QED) is 0.114. The van der Waals surface area contributed by atoms with Crippen molar-refractivity contribution in [3.63, 3.8) is 0 Å². The number of aliphatic hydroxyl groups excluding tert-OH is 4. The lowest BCUT2D eigenvalue weighted by atomic mass is 9.85. The summed E-state index contributed by atoms with van der Waals surface area (Å²) in [5.74, 6) is -0.666. The van der Waals surface area contributed by atoms with Crippen LogP contribution in [0.15, 0.2) is 33.4 Å². The molecule has 1 fully saturated rings. The molecule has 0 aromatic carbocycles. The zero-order valence-corrected chi connectivity index (χ0v) is 34.9. The highest BCUT2D eigenvalue weighted by molar-refractivity contribution is 6.22. The smallest absolute Gasteiger partial charge is 0.243 e. The van der Waals surface area contributed by atoms with Gasteiger partial charge in [-0.15, -0.1) is 0 Å². The number of carbonyl (C=O) groups is 1. The van der Waals surface area contributed by atoms with Crippen LogP contribution >= 0.6 is 0 Å². The van der Waals surface area contributed by atoms with Crippen molar-refractivity contribution in [2.75, 3.05) is 6.61 Å². The van der Waals surface area contributed by atoms with Crippen molar-refractivity contribution in [2.24, 2.45) is 21.8 Å². The van der Waals surface area contributed by atoms with Crippen LogP contribution in [0.3, 0.4) is 0 Å². The van der Waals surface area contributed by atoms with Gasteiger partial charge in [-0.05, 0) is 87.0 Å². The van der Waals surface area contributed by atoms with Gasteiger partial charge in [0.2, 0.25) is 12.2 Å². The Morgan fingerprint density at radius 1 is 1.03 bits per heavy atom. The second kappa shape index (κ2) is 17.3. The monoisotopic (exact) mass is 799 g/mol. The number of aliphatic imine (C=N–C) groups is 2. The molecular formula is C45H61N5O8. The minimum Gasteiger partial charge on any atom is -0.387 e. The molecule has 0 radical (unpaired) electrons. The maximum atomic E-state index is 13.2. The molecule has 8 bridgehead atoms. The Morgan fingerprint density at radius 2 is 1.81 bits per heavy atom. The first kappa shape index (κ1) is 42.2. The van der Waals surface area contributed by atoms with Crippen molar-refractivity contribution in [1.29, 1.82) is 0 Å². The number of allylic oxidation sites excluding steroid dienone is 4. The Balaban J connectivity index is 1.26. The standard InChI is InChI=1S/C45H61N5O8/c1-9-11-12-13-16-56-26(8)38-25(7)32-18-31-23(5)28(14-15-36(51)50-58-45-43(54)41(52)42(53)44(55)57-45)39(48-31)29-17-21(3)37-24(6)33(49-40(29)37)19-34-27(10-2)22(4)30(46-34)20-35(38)47-32/h18,20,23,26,28,34,41-45,47,49,52-55H,3,9-17,19H2,1-2,4-8H3,(H,50,51)/b32-18?,35-20?,39-29-/t23-,26?,28-,34?,41-,42-,43+,44-,45+/m0/s1. The van der Waals surface area contributed by atoms with Gasteiger partial charge >= 0.3 is 0 Å². The number of nitrogens with zero attached hydrogens (tertiary/aromatic N) is 2. The number of H-pyrrole nitrogens is 2. The van der Waals surface area contributed by atoms with Gasteiger partial charge in [0.15, 0.2) is 6.29 Å². The lowest BCUT2D eigenvalue weighted by Gasteiger charge is -2.37. The fraction of sp³-hybridized carbons (Fsp3) is 0.578. The highest BCUT2D eigenvalue weighted by Crippen LogP contribution is 2.49. The second-order valence-corrected chi connectivity index (χ2v) is 16.7. The number of aromatic amines is 2. The third kappa shape index (κ3) is 7.90. The molecule has 13 nitrogen and oxygen atoms in total. The number of fused-ring (bicyclic) bond motifs is 5. The molecule has 2 aromatic heterocycles. The minimum absolute atomic E-state index is 0.00473. The van der Waals surface area contributed by atoms with Crippen LogP contribution in [0.5, 0.6) is 0 Å². The van der Waals surface area contributed by atoms with Gasteiger partial charge < -0.3 is 39.9 Å². The van der Waals surface area contributed by atoms with Crippen LogP contribution in [-0.2, 0) is 25.5 Å². The van der Waals surface area contributed by atoms with E-state index in [0.29, 0.717) is 19.4 Å². The maximum Gasteiger partial charge on any atom is 0.243 e. The van der Waals surface area contributed by atoms with Crippen molar-refractivity contribution in [1.82, 2.24) is 15.4 Å². The summed E-state index contributed by atoms with van der Waals surface area (Å²) in [5.41, 5.74) is 16.5. The summed E-state index contributed by atoms with van der Waals surface area (Å²) < 4.78 is 11.6. The molecule has 13 heteroatoms. The molecule has 0 saturated carbocycles. The Hall–Kier alpha value is -3.95. The number of hydroxylamine groups is 1. The third-order valence-corrected chi connectivity index (χ3v) is 12.9. The van der Waals surface area contributed by atoms with Crippen molar-refractivity contribution in [3.8, 4) is 0 Å². The summed E-state index contributed by atoms with van der Waals surface area (Å²) in [4.78, 5) is 36.8. The number of nitrogens with one attached hydrogen (secondary N) is 3. The fourth-order valence-corrected chi connectivity index (χ4v) is 9.48. The number of aromatic nitrogens is 2. The van der Waals surface area contributed by atoms with Gasteiger partial charge in [0.1, 0.15) is 18.3 Å². The molecule has 2 aromatic rings. The first-order chi connectivity index (χ1) is 27.7. The van der Waals surface area contributed by atoms with Crippen molar-refractivity contribution >= 4 is 40.6 Å². The van der Waals surface area contributed by atoms with Crippen molar-refractivity contribution in [3.05, 3.63) is 67.8 Å². The van der Waals surface area contributed by atoms with E-state index >= 15 is 0 Å². The molecule has 0 spiro atoms. The summed E-state index contributed by atoms with van der Waals surface area (Å²) in [6.45, 7) is 20.4. The first-order valence-corrected chi connectivity index (χ1v) is 21.1. The highest BCUT2D eigenvalue weighted by atomic mass is 16.8. The van der Waals surface area contributed by atoms with E-state index in [0.717, 1.165) is 92.7 Å². The molecule has 4 aliphatic heterocycles. The average Bonchev–Trinajstić information content (AvgIpc) is 3.95. The summed E-state index contributed by atoms with van der Waals surface area (Å²) in [6, 6.07) is 0.00473. The molecule has 9 atom stereocenters. The van der Waals surface area contributed by atoms with E-state index in [-0.39, 0.29) is 30.4 Å². The predicted molar refractivity (Wildman–Crippen MR) is 224 cm³/mol. The molecule has 1 aliphatic carbocycles. The number of hydrogen-bond donors (Lipinski definition) is 7. The number of unbranched alkanes of at least 4 members (excludes halogenated alkanes) is 3. The number of carbonyl (C=O) groups excluding carboxylic acids is 1. The van der Waals surface area contributed by atoms with E-state index in [9.17, 15) is 25.2 Å². The molecule has 7 N–H and O–H groups in total. The molecule has 1 saturated heterocycles. The van der Waals surface area contributed by atoms with Crippen LogP contribution in [0.1, 0.15) is 126 Å². The summed E-state index contributed by atoms with van der Waals surface area (Å²) in [7, 11) is 0. The van der Waals surface area contributed by atoms with Crippen LogP contribution in [-0.4, -0.2) is 91.3 Å². The first-order valence-electron chi connectivity index (χ1n) is 21.1. The van der Waals surface area contributed by atoms with E-state index in [2.05, 4.69) is 82.6 Å². The topological polar surface area (TPSA) is 194 Å². The second-order valence-electron chi connectivity index (χ2n) is 16.7. The summed E-state index contributed by atoms with van der Waals surface area (Å²) in [6.07, 6.45) is 3.03. The zero-order valence-electron chi connectivity index (χ0n) is 34.9. The Labute approximate surface area is 340 Å². The number of aliphatic hydroxyl groups is 4. The average molecular weight is 800 g/mol. The maximum absolute atomic E-state index is 13.2. The molecule has 58 heavy (non-hydrogen) atoms. The summed E-state index contributed by atoms with van der Waals surface area (Å²) in [5, 5.41) is 42.0. The van der Waals surface area contributed by atoms with Gasteiger partial charge in [-0.25, -0.2) is 10.3 Å². The van der Waals surface area contributed by atoms with Crippen molar-refractivity contribution in [2.45, 2.75) is 149 Å². The molecule has 6 heterocycles. The van der Waals surface area contributed by atoms with Crippen molar-refractivity contribution < 1.29 is 39.5 Å². The van der Waals surface area contributed by atoms with Crippen LogP contribution in [0.4, 0.5) is 0 Å². The minimum atomic E-state index is -1.79. The van der Waals surface area contributed by atoms with E-state index in [4.69, 9.17) is 24.3 Å². The van der Waals surface area contributed by atoms with Gasteiger partial charge in [0, 0.05) is 76.5 Å². The largest absolute Gasteiger partial charge is 0.387 e.